The Bertz CT molecular complexity index is 306. The molecule has 2 aliphatic carbocycles. The summed E-state index contributed by atoms with van der Waals surface area (Å²) in [7, 11) is 0. The topological polar surface area (TPSA) is 0 Å². The van der Waals surface area contributed by atoms with Gasteiger partial charge in [-0.1, -0.05) is 70.4 Å². The van der Waals surface area contributed by atoms with Crippen molar-refractivity contribution >= 4 is 0 Å². The van der Waals surface area contributed by atoms with E-state index in [1.54, 1.807) is 0 Å². The summed E-state index contributed by atoms with van der Waals surface area (Å²) in [5.41, 5.74) is 0. The Hall–Kier alpha value is -0.330. The van der Waals surface area contributed by atoms with Crippen LogP contribution in [-0.4, -0.2) is 6.67 Å². The fourth-order valence-electron chi connectivity index (χ4n) is 4.84. The molecule has 0 aromatic heterocycles. The molecule has 2 fully saturated rings. The van der Waals surface area contributed by atoms with Gasteiger partial charge in [0, 0.05) is 0 Å². The van der Waals surface area contributed by atoms with Crippen molar-refractivity contribution in [1.82, 2.24) is 0 Å². The first-order chi connectivity index (χ1) is 11.3. The maximum atomic E-state index is 12.1. The Balaban J connectivity index is 1.54. The third-order valence-electron chi connectivity index (χ3n) is 6.45. The number of unbranched alkanes of at least 4 members (excludes halogenated alkanes) is 1. The zero-order valence-corrected chi connectivity index (χ0v) is 15.4. The highest BCUT2D eigenvalue weighted by molar-refractivity contribution is 4.91. The number of alkyl halides is 1. The standard InChI is InChI=1S/C22H39F/c1-2-6-19-8-12-21(13-9-19)16-17-22-14-10-20(11-15-22)7-4-3-5-18-23/h4,7,19-22H,2-3,5-6,8-18H2,1H3/b7-4+/t19-,20?,21-,22?. The average molecular weight is 323 g/mol. The summed E-state index contributed by atoms with van der Waals surface area (Å²) in [6.07, 6.45) is 23.7. The van der Waals surface area contributed by atoms with Gasteiger partial charge < -0.3 is 0 Å². The van der Waals surface area contributed by atoms with Crippen molar-refractivity contribution in [3.63, 3.8) is 0 Å². The number of halogens is 1. The van der Waals surface area contributed by atoms with Gasteiger partial charge in [0.25, 0.3) is 0 Å². The average Bonchev–Trinajstić information content (AvgIpc) is 2.59. The molecule has 0 radical (unpaired) electrons. The van der Waals surface area contributed by atoms with Gasteiger partial charge in [0.2, 0.25) is 0 Å². The highest BCUT2D eigenvalue weighted by Crippen LogP contribution is 2.37. The van der Waals surface area contributed by atoms with Crippen LogP contribution in [0.4, 0.5) is 4.39 Å². The van der Waals surface area contributed by atoms with E-state index in [1.165, 1.54) is 77.0 Å². The van der Waals surface area contributed by atoms with Crippen molar-refractivity contribution in [1.29, 1.82) is 0 Å². The van der Waals surface area contributed by atoms with Crippen molar-refractivity contribution in [2.75, 3.05) is 6.67 Å². The van der Waals surface area contributed by atoms with Crippen LogP contribution in [-0.2, 0) is 0 Å². The normalized spacial score (nSPS) is 32.4. The molecule has 134 valence electrons. The second-order valence-corrected chi connectivity index (χ2v) is 8.29. The third kappa shape index (κ3) is 7.40. The molecule has 0 amide bonds. The maximum Gasteiger partial charge on any atom is 0.0897 e. The Labute approximate surface area is 144 Å². The van der Waals surface area contributed by atoms with E-state index in [9.17, 15) is 4.39 Å². The highest BCUT2D eigenvalue weighted by Gasteiger charge is 2.23. The number of allylic oxidation sites excluding steroid dienone is 2. The number of hydrogen-bond donors (Lipinski definition) is 0. The molecule has 0 N–H and O–H groups in total. The molecule has 0 bridgehead atoms. The molecule has 2 saturated carbocycles. The second-order valence-electron chi connectivity index (χ2n) is 8.29. The fourth-order valence-corrected chi connectivity index (χ4v) is 4.84. The fraction of sp³-hybridized carbons (Fsp3) is 0.909. The Morgan fingerprint density at radius 3 is 1.83 bits per heavy atom. The van der Waals surface area contributed by atoms with Gasteiger partial charge in [0.05, 0.1) is 6.67 Å². The van der Waals surface area contributed by atoms with E-state index in [0.29, 0.717) is 6.42 Å². The van der Waals surface area contributed by atoms with E-state index in [-0.39, 0.29) is 6.67 Å². The molecular formula is C22H39F. The molecule has 23 heavy (non-hydrogen) atoms. The molecular weight excluding hydrogens is 283 g/mol. The van der Waals surface area contributed by atoms with E-state index in [4.69, 9.17) is 0 Å². The number of hydrogen-bond acceptors (Lipinski definition) is 0. The van der Waals surface area contributed by atoms with Gasteiger partial charge in [0.15, 0.2) is 0 Å². The lowest BCUT2D eigenvalue weighted by Crippen LogP contribution is -2.17. The van der Waals surface area contributed by atoms with Crippen LogP contribution in [0.2, 0.25) is 0 Å². The summed E-state index contributed by atoms with van der Waals surface area (Å²) < 4.78 is 12.1. The summed E-state index contributed by atoms with van der Waals surface area (Å²) in [6.45, 7) is 2.16. The Morgan fingerprint density at radius 2 is 1.30 bits per heavy atom. The van der Waals surface area contributed by atoms with Gasteiger partial charge in [-0.05, 0) is 62.2 Å². The third-order valence-corrected chi connectivity index (χ3v) is 6.45. The molecule has 0 unspecified atom stereocenters. The first kappa shape index (κ1) is 19.0. The molecule has 0 aromatic carbocycles. The van der Waals surface area contributed by atoms with E-state index in [2.05, 4.69) is 19.1 Å². The minimum Gasteiger partial charge on any atom is -0.251 e. The molecule has 1 heteroatoms. The Kier molecular flexibility index (Phi) is 9.31. The maximum absolute atomic E-state index is 12.1. The largest absolute Gasteiger partial charge is 0.251 e. The molecule has 0 nitrogen and oxygen atoms in total. The van der Waals surface area contributed by atoms with Gasteiger partial charge >= 0.3 is 0 Å². The van der Waals surface area contributed by atoms with Gasteiger partial charge in [-0.25, -0.2) is 0 Å². The van der Waals surface area contributed by atoms with Crippen LogP contribution < -0.4 is 0 Å². The molecule has 0 aromatic rings. The number of rotatable bonds is 9. The molecule has 2 aliphatic rings. The van der Waals surface area contributed by atoms with Crippen molar-refractivity contribution in [3.8, 4) is 0 Å². The smallest absolute Gasteiger partial charge is 0.0897 e. The first-order valence-electron chi connectivity index (χ1n) is 10.5. The van der Waals surface area contributed by atoms with Crippen LogP contribution in [0.15, 0.2) is 12.2 Å². The zero-order chi connectivity index (χ0) is 16.3. The van der Waals surface area contributed by atoms with E-state index >= 15 is 0 Å². The molecule has 0 spiro atoms. The van der Waals surface area contributed by atoms with Gasteiger partial charge in [-0.3, -0.25) is 4.39 Å². The summed E-state index contributed by atoms with van der Waals surface area (Å²) >= 11 is 0. The second kappa shape index (κ2) is 11.3. The SMILES string of the molecule is CCC[C@H]1CC[C@H](CCC2CCC(/C=C/CCCF)CC2)CC1. The van der Waals surface area contributed by atoms with E-state index < -0.39 is 0 Å². The van der Waals surface area contributed by atoms with E-state index in [0.717, 1.165) is 30.1 Å². The molecule has 2 rings (SSSR count). The monoisotopic (exact) mass is 322 g/mol. The van der Waals surface area contributed by atoms with Crippen LogP contribution >= 0.6 is 0 Å². The minimum absolute atomic E-state index is 0.169. The lowest BCUT2D eigenvalue weighted by atomic mass is 9.75. The summed E-state index contributed by atoms with van der Waals surface area (Å²) in [5.74, 6) is 3.88. The van der Waals surface area contributed by atoms with Crippen LogP contribution in [0.25, 0.3) is 0 Å². The van der Waals surface area contributed by atoms with Crippen molar-refractivity contribution in [2.24, 2.45) is 23.7 Å². The van der Waals surface area contributed by atoms with Gasteiger partial charge in [0.1, 0.15) is 0 Å². The van der Waals surface area contributed by atoms with Crippen molar-refractivity contribution in [2.45, 2.75) is 96.8 Å². The molecule has 0 heterocycles. The lowest BCUT2D eigenvalue weighted by Gasteiger charge is -2.31. The van der Waals surface area contributed by atoms with Crippen LogP contribution in [0.5, 0.6) is 0 Å². The quantitative estimate of drug-likeness (QED) is 0.305. The minimum atomic E-state index is -0.169. The summed E-state index contributed by atoms with van der Waals surface area (Å²) in [4.78, 5) is 0. The predicted octanol–water partition coefficient (Wildman–Crippen LogP) is 7.49. The zero-order valence-electron chi connectivity index (χ0n) is 15.4. The summed E-state index contributed by atoms with van der Waals surface area (Å²) in [5, 5.41) is 0. The van der Waals surface area contributed by atoms with Gasteiger partial charge in [-0.2, -0.15) is 0 Å². The molecule has 0 atom stereocenters. The van der Waals surface area contributed by atoms with E-state index in [1.807, 2.05) is 0 Å². The van der Waals surface area contributed by atoms with Crippen molar-refractivity contribution in [3.05, 3.63) is 12.2 Å². The van der Waals surface area contributed by atoms with Crippen molar-refractivity contribution < 1.29 is 4.39 Å². The first-order valence-corrected chi connectivity index (χ1v) is 10.5. The predicted molar refractivity (Wildman–Crippen MR) is 99.4 cm³/mol. The lowest BCUT2D eigenvalue weighted by molar-refractivity contribution is 0.221. The van der Waals surface area contributed by atoms with Crippen LogP contribution in [0.1, 0.15) is 96.8 Å². The molecule has 0 saturated heterocycles. The molecule has 0 aliphatic heterocycles. The Morgan fingerprint density at radius 1 is 0.783 bits per heavy atom. The highest BCUT2D eigenvalue weighted by atomic mass is 19.1. The van der Waals surface area contributed by atoms with Gasteiger partial charge in [-0.15, -0.1) is 0 Å². The van der Waals surface area contributed by atoms with Crippen LogP contribution in [0, 0.1) is 23.7 Å². The van der Waals surface area contributed by atoms with Crippen LogP contribution in [0.3, 0.4) is 0 Å². The summed E-state index contributed by atoms with van der Waals surface area (Å²) in [6, 6.07) is 0.